The molecule has 5 nitrogen and oxygen atoms in total. The van der Waals surface area contributed by atoms with Gasteiger partial charge in [-0.3, -0.25) is 4.79 Å². The summed E-state index contributed by atoms with van der Waals surface area (Å²) in [5.74, 6) is 0.0815. The lowest BCUT2D eigenvalue weighted by Gasteiger charge is -2.11. The second-order valence-electron chi connectivity index (χ2n) is 4.36. The molecule has 0 amide bonds. The topological polar surface area (TPSA) is 82.2 Å². The fourth-order valence-electron chi connectivity index (χ4n) is 1.78. The zero-order valence-electron chi connectivity index (χ0n) is 11.0. The summed E-state index contributed by atoms with van der Waals surface area (Å²) < 4.78 is 24.8. The van der Waals surface area contributed by atoms with Crippen molar-refractivity contribution >= 4 is 27.0 Å². The molecule has 1 heterocycles. The number of hydrogen-bond acceptors (Lipinski definition) is 4. The van der Waals surface area contributed by atoms with E-state index in [-0.39, 0.29) is 34.2 Å². The fourth-order valence-corrected chi connectivity index (χ4v) is 3.22. The zero-order valence-corrected chi connectivity index (χ0v) is 12.7. The first-order chi connectivity index (χ1) is 8.78. The summed E-state index contributed by atoms with van der Waals surface area (Å²) in [4.78, 5) is 12.1. The number of aromatic nitrogens is 1. The van der Waals surface area contributed by atoms with Crippen molar-refractivity contribution < 1.29 is 8.42 Å². The Hall–Kier alpha value is -1.21. The van der Waals surface area contributed by atoms with Gasteiger partial charge < -0.3 is 10.3 Å². The largest absolute Gasteiger partial charge is 0.389 e. The molecule has 0 saturated heterocycles. The predicted octanol–water partition coefficient (Wildman–Crippen LogP) is 0.616. The molecule has 0 aliphatic rings. The van der Waals surface area contributed by atoms with Gasteiger partial charge in [-0.1, -0.05) is 19.1 Å². The van der Waals surface area contributed by atoms with Crippen molar-refractivity contribution in [3.05, 3.63) is 33.7 Å². The van der Waals surface area contributed by atoms with Gasteiger partial charge in [0.2, 0.25) is 0 Å². The van der Waals surface area contributed by atoms with E-state index in [1.54, 1.807) is 19.1 Å². The Labute approximate surface area is 118 Å². The molecule has 1 aromatic rings. The third kappa shape index (κ3) is 4.14. The second kappa shape index (κ2) is 6.29. The molecule has 2 N–H and O–H groups in total. The van der Waals surface area contributed by atoms with Crippen LogP contribution in [0.15, 0.2) is 16.9 Å². The molecule has 0 spiro atoms. The number of sulfone groups is 1. The maximum absolute atomic E-state index is 12.1. The van der Waals surface area contributed by atoms with Crippen LogP contribution in [0.5, 0.6) is 0 Å². The highest BCUT2D eigenvalue weighted by Crippen LogP contribution is 2.01. The normalized spacial score (nSPS) is 11.5. The van der Waals surface area contributed by atoms with Gasteiger partial charge in [-0.2, -0.15) is 0 Å². The molecule has 1 aromatic heterocycles. The summed E-state index contributed by atoms with van der Waals surface area (Å²) in [7, 11) is -3.12. The number of nitrogens with two attached hydrogens (primary N) is 1. The van der Waals surface area contributed by atoms with Crippen LogP contribution in [0.2, 0.25) is 0 Å². The number of nitrogens with zero attached hydrogens (tertiary/aromatic N) is 1. The van der Waals surface area contributed by atoms with Gasteiger partial charge in [-0.25, -0.2) is 8.42 Å². The Morgan fingerprint density at radius 2 is 2.00 bits per heavy atom. The molecule has 0 saturated carbocycles. The van der Waals surface area contributed by atoms with Crippen LogP contribution < -0.4 is 11.3 Å². The van der Waals surface area contributed by atoms with Crippen LogP contribution in [0.3, 0.4) is 0 Å². The van der Waals surface area contributed by atoms with E-state index < -0.39 is 9.84 Å². The van der Waals surface area contributed by atoms with Crippen LogP contribution in [0.1, 0.15) is 24.6 Å². The standard InChI is InChI=1S/C12H18N2O3S2/c1-3-7-19(16,17)8-6-14-9(2)4-5-10(11(13)18)12(14)15/h4-5H,3,6-8H2,1-2H3,(H2,13,18). The van der Waals surface area contributed by atoms with Gasteiger partial charge in [0.15, 0.2) is 9.84 Å². The lowest BCUT2D eigenvalue weighted by molar-refractivity contribution is 0.584. The quantitative estimate of drug-likeness (QED) is 0.779. The van der Waals surface area contributed by atoms with E-state index in [4.69, 9.17) is 18.0 Å². The molecule has 0 bridgehead atoms. The van der Waals surface area contributed by atoms with Gasteiger partial charge in [0.05, 0.1) is 11.3 Å². The number of thiocarbonyl (C=S) groups is 1. The zero-order chi connectivity index (χ0) is 14.6. The maximum Gasteiger partial charge on any atom is 0.261 e. The molecular formula is C12H18N2O3S2. The van der Waals surface area contributed by atoms with Crippen molar-refractivity contribution in [1.82, 2.24) is 4.57 Å². The van der Waals surface area contributed by atoms with Crippen LogP contribution in [0.25, 0.3) is 0 Å². The molecule has 0 fully saturated rings. The Bertz CT molecular complexity index is 633. The van der Waals surface area contributed by atoms with E-state index in [1.807, 2.05) is 6.92 Å². The lowest BCUT2D eigenvalue weighted by atomic mass is 10.2. The summed E-state index contributed by atoms with van der Waals surface area (Å²) in [6.07, 6.45) is 0.573. The number of rotatable bonds is 6. The molecule has 0 unspecified atom stereocenters. The summed E-state index contributed by atoms with van der Waals surface area (Å²) in [5, 5.41) is 0. The average Bonchev–Trinajstić information content (AvgIpc) is 2.27. The monoisotopic (exact) mass is 302 g/mol. The molecule has 19 heavy (non-hydrogen) atoms. The van der Waals surface area contributed by atoms with E-state index in [9.17, 15) is 13.2 Å². The van der Waals surface area contributed by atoms with Crippen molar-refractivity contribution in [3.8, 4) is 0 Å². The van der Waals surface area contributed by atoms with Crippen molar-refractivity contribution in [3.63, 3.8) is 0 Å². The van der Waals surface area contributed by atoms with Crippen molar-refractivity contribution in [1.29, 1.82) is 0 Å². The van der Waals surface area contributed by atoms with Gasteiger partial charge in [0.1, 0.15) is 4.99 Å². The van der Waals surface area contributed by atoms with Crippen molar-refractivity contribution in [2.24, 2.45) is 5.73 Å². The van der Waals surface area contributed by atoms with E-state index in [0.717, 1.165) is 0 Å². The van der Waals surface area contributed by atoms with Gasteiger partial charge in [-0.15, -0.1) is 0 Å². The lowest BCUT2D eigenvalue weighted by Crippen LogP contribution is -2.32. The first-order valence-electron chi connectivity index (χ1n) is 5.99. The van der Waals surface area contributed by atoms with Crippen molar-refractivity contribution in [2.75, 3.05) is 11.5 Å². The third-order valence-corrected chi connectivity index (χ3v) is 4.85. The highest BCUT2D eigenvalue weighted by atomic mass is 32.2. The van der Waals surface area contributed by atoms with Crippen molar-refractivity contribution in [2.45, 2.75) is 26.8 Å². The number of hydrogen-bond donors (Lipinski definition) is 1. The molecule has 0 atom stereocenters. The molecule has 0 radical (unpaired) electrons. The minimum atomic E-state index is -3.12. The highest BCUT2D eigenvalue weighted by molar-refractivity contribution is 7.91. The Morgan fingerprint density at radius 1 is 1.37 bits per heavy atom. The molecule has 0 aromatic carbocycles. The fraction of sp³-hybridized carbons (Fsp3) is 0.500. The van der Waals surface area contributed by atoms with E-state index in [1.165, 1.54) is 4.57 Å². The minimum absolute atomic E-state index is 0.0233. The van der Waals surface area contributed by atoms with Gasteiger partial charge in [0, 0.05) is 18.0 Å². The minimum Gasteiger partial charge on any atom is -0.389 e. The predicted molar refractivity (Wildman–Crippen MR) is 80.3 cm³/mol. The molecule has 1 rings (SSSR count). The summed E-state index contributed by atoms with van der Waals surface area (Å²) in [6.45, 7) is 3.68. The van der Waals surface area contributed by atoms with Crippen LogP contribution in [-0.4, -0.2) is 29.5 Å². The SMILES string of the molecule is CCCS(=O)(=O)CCn1c(C)ccc(C(N)=S)c1=O. The number of aryl methyl sites for hydroxylation is 1. The number of pyridine rings is 1. The Kier molecular flexibility index (Phi) is 5.25. The van der Waals surface area contributed by atoms with Gasteiger partial charge >= 0.3 is 0 Å². The molecule has 0 aliphatic heterocycles. The second-order valence-corrected chi connectivity index (χ2v) is 7.10. The van der Waals surface area contributed by atoms with Crippen LogP contribution >= 0.6 is 12.2 Å². The smallest absolute Gasteiger partial charge is 0.261 e. The van der Waals surface area contributed by atoms with Crippen LogP contribution in [0.4, 0.5) is 0 Å². The van der Waals surface area contributed by atoms with E-state index in [0.29, 0.717) is 12.1 Å². The molecule has 7 heteroatoms. The van der Waals surface area contributed by atoms with E-state index in [2.05, 4.69) is 0 Å². The highest BCUT2D eigenvalue weighted by Gasteiger charge is 2.13. The van der Waals surface area contributed by atoms with Gasteiger partial charge in [-0.05, 0) is 25.5 Å². The maximum atomic E-state index is 12.1. The van der Waals surface area contributed by atoms with E-state index >= 15 is 0 Å². The van der Waals surface area contributed by atoms with Crippen LogP contribution in [-0.2, 0) is 16.4 Å². The first-order valence-corrected chi connectivity index (χ1v) is 8.22. The van der Waals surface area contributed by atoms with Gasteiger partial charge in [0.25, 0.3) is 5.56 Å². The summed E-state index contributed by atoms with van der Waals surface area (Å²) in [6, 6.07) is 3.28. The Balaban J connectivity index is 3.06. The molecular weight excluding hydrogens is 284 g/mol. The molecule has 106 valence electrons. The van der Waals surface area contributed by atoms with Crippen LogP contribution in [0, 0.1) is 6.92 Å². The molecule has 0 aliphatic carbocycles. The third-order valence-electron chi connectivity index (χ3n) is 2.80. The summed E-state index contributed by atoms with van der Waals surface area (Å²) in [5.41, 5.74) is 6.06. The Morgan fingerprint density at radius 3 is 2.53 bits per heavy atom. The first kappa shape index (κ1) is 15.8. The summed E-state index contributed by atoms with van der Waals surface area (Å²) >= 11 is 4.80. The average molecular weight is 302 g/mol.